The van der Waals surface area contributed by atoms with Crippen molar-refractivity contribution >= 4 is 17.5 Å². The van der Waals surface area contributed by atoms with Gasteiger partial charge in [-0.2, -0.15) is 5.26 Å². The minimum atomic E-state index is -0.0206. The fraction of sp³-hybridized carbons (Fsp3) is 0.364. The van der Waals surface area contributed by atoms with Crippen LogP contribution in [0.1, 0.15) is 48.8 Å². The van der Waals surface area contributed by atoms with Crippen molar-refractivity contribution in [1.29, 1.82) is 5.26 Å². The zero-order valence-electron chi connectivity index (χ0n) is 14.9. The number of rotatable bonds is 6. The van der Waals surface area contributed by atoms with Crippen LogP contribution >= 0.6 is 11.6 Å². The van der Waals surface area contributed by atoms with E-state index in [1.807, 2.05) is 42.5 Å². The van der Waals surface area contributed by atoms with E-state index in [0.717, 1.165) is 36.8 Å². The molecule has 0 spiro atoms. The smallest absolute Gasteiger partial charge is 0.223 e. The highest BCUT2D eigenvalue weighted by Gasteiger charge is 2.28. The Hall–Kier alpha value is -2.31. The maximum Gasteiger partial charge on any atom is 0.223 e. The third-order valence-electron chi connectivity index (χ3n) is 5.26. The van der Waals surface area contributed by atoms with Gasteiger partial charge in [-0.25, -0.2) is 0 Å². The Morgan fingerprint density at radius 3 is 2.62 bits per heavy atom. The molecule has 134 valence electrons. The minimum absolute atomic E-state index is 0.0206. The monoisotopic (exact) mass is 366 g/mol. The lowest BCUT2D eigenvalue weighted by molar-refractivity contribution is -0.128. The van der Waals surface area contributed by atoms with E-state index in [0.29, 0.717) is 10.6 Å². The molecule has 0 radical (unpaired) electrons. The molecule has 26 heavy (non-hydrogen) atoms. The van der Waals surface area contributed by atoms with Crippen LogP contribution < -0.4 is 5.32 Å². The molecule has 1 N–H and O–H groups in total. The van der Waals surface area contributed by atoms with Crippen LogP contribution in [-0.2, 0) is 11.2 Å². The molecular weight excluding hydrogens is 344 g/mol. The SMILES string of the molecule is C[C@H](NC(=O)C1CCC1)[C@@H](Cc1ccc(Cl)cc1)c1cccc(C#N)c1. The van der Waals surface area contributed by atoms with Crippen molar-refractivity contribution in [2.75, 3.05) is 0 Å². The van der Waals surface area contributed by atoms with Gasteiger partial charge >= 0.3 is 0 Å². The molecular formula is C22H23ClN2O. The minimum Gasteiger partial charge on any atom is -0.353 e. The third-order valence-corrected chi connectivity index (χ3v) is 5.51. The number of nitrogens with one attached hydrogen (secondary N) is 1. The van der Waals surface area contributed by atoms with Crippen LogP contribution in [0.5, 0.6) is 0 Å². The summed E-state index contributed by atoms with van der Waals surface area (Å²) in [7, 11) is 0. The zero-order chi connectivity index (χ0) is 18.5. The van der Waals surface area contributed by atoms with Crippen LogP contribution in [0.15, 0.2) is 48.5 Å². The molecule has 4 heteroatoms. The Balaban J connectivity index is 1.83. The van der Waals surface area contributed by atoms with Gasteiger partial charge in [0.25, 0.3) is 0 Å². The van der Waals surface area contributed by atoms with Crippen LogP contribution in [0.3, 0.4) is 0 Å². The van der Waals surface area contributed by atoms with E-state index < -0.39 is 0 Å². The highest BCUT2D eigenvalue weighted by atomic mass is 35.5. The van der Waals surface area contributed by atoms with Gasteiger partial charge < -0.3 is 5.32 Å². The average molecular weight is 367 g/mol. The number of amides is 1. The van der Waals surface area contributed by atoms with Gasteiger partial charge in [-0.15, -0.1) is 0 Å². The first-order chi connectivity index (χ1) is 12.6. The lowest BCUT2D eigenvalue weighted by Crippen LogP contribution is -2.42. The van der Waals surface area contributed by atoms with Crippen molar-refractivity contribution in [2.24, 2.45) is 5.92 Å². The summed E-state index contributed by atoms with van der Waals surface area (Å²) in [6.07, 6.45) is 3.90. The molecule has 2 aromatic carbocycles. The normalized spacial score (nSPS) is 16.2. The van der Waals surface area contributed by atoms with Crippen molar-refractivity contribution in [1.82, 2.24) is 5.32 Å². The average Bonchev–Trinajstić information content (AvgIpc) is 2.59. The van der Waals surface area contributed by atoms with Gasteiger partial charge in [0.2, 0.25) is 5.91 Å². The first-order valence-electron chi connectivity index (χ1n) is 9.11. The van der Waals surface area contributed by atoms with E-state index in [2.05, 4.69) is 18.3 Å². The number of carbonyl (C=O) groups excluding carboxylic acids is 1. The van der Waals surface area contributed by atoms with Gasteiger partial charge in [0, 0.05) is 22.9 Å². The number of benzene rings is 2. The maximum absolute atomic E-state index is 12.4. The number of halogens is 1. The maximum atomic E-state index is 12.4. The predicted molar refractivity (Wildman–Crippen MR) is 104 cm³/mol. The second-order valence-electron chi connectivity index (χ2n) is 7.10. The molecule has 3 rings (SSSR count). The highest BCUT2D eigenvalue weighted by molar-refractivity contribution is 6.30. The van der Waals surface area contributed by atoms with Gasteiger partial charge in [-0.1, -0.05) is 42.3 Å². The predicted octanol–water partition coefficient (Wildman–Crippen LogP) is 4.84. The fourth-order valence-corrected chi connectivity index (χ4v) is 3.54. The Kier molecular flexibility index (Phi) is 5.96. The molecule has 2 atom stereocenters. The van der Waals surface area contributed by atoms with E-state index >= 15 is 0 Å². The van der Waals surface area contributed by atoms with Gasteiger partial charge in [-0.05, 0) is 61.6 Å². The molecule has 0 bridgehead atoms. The summed E-state index contributed by atoms with van der Waals surface area (Å²) in [5.41, 5.74) is 2.87. The van der Waals surface area contributed by atoms with Crippen LogP contribution in [-0.4, -0.2) is 11.9 Å². The quantitative estimate of drug-likeness (QED) is 0.795. The third kappa shape index (κ3) is 4.45. The molecule has 2 aromatic rings. The summed E-state index contributed by atoms with van der Waals surface area (Å²) in [6.45, 7) is 2.05. The highest BCUT2D eigenvalue weighted by Crippen LogP contribution is 2.29. The Bertz CT molecular complexity index is 806. The van der Waals surface area contributed by atoms with Crippen molar-refractivity contribution in [3.63, 3.8) is 0 Å². The molecule has 3 nitrogen and oxygen atoms in total. The van der Waals surface area contributed by atoms with Crippen molar-refractivity contribution in [2.45, 2.75) is 44.6 Å². The van der Waals surface area contributed by atoms with E-state index in [1.54, 1.807) is 6.07 Å². The van der Waals surface area contributed by atoms with E-state index in [9.17, 15) is 10.1 Å². The van der Waals surface area contributed by atoms with E-state index in [1.165, 1.54) is 0 Å². The van der Waals surface area contributed by atoms with E-state index in [4.69, 9.17) is 11.6 Å². The lowest BCUT2D eigenvalue weighted by Gasteiger charge is -2.30. The topological polar surface area (TPSA) is 52.9 Å². The largest absolute Gasteiger partial charge is 0.353 e. The molecule has 0 unspecified atom stereocenters. The summed E-state index contributed by atoms with van der Waals surface area (Å²) in [5.74, 6) is 0.411. The lowest BCUT2D eigenvalue weighted by atomic mass is 9.83. The van der Waals surface area contributed by atoms with Crippen LogP contribution in [0.4, 0.5) is 0 Å². The number of nitriles is 1. The first-order valence-corrected chi connectivity index (χ1v) is 9.49. The van der Waals surface area contributed by atoms with Crippen molar-refractivity contribution in [3.05, 3.63) is 70.2 Å². The number of hydrogen-bond acceptors (Lipinski definition) is 2. The van der Waals surface area contributed by atoms with Crippen molar-refractivity contribution in [3.8, 4) is 6.07 Å². The van der Waals surface area contributed by atoms with Gasteiger partial charge in [0.05, 0.1) is 11.6 Å². The summed E-state index contributed by atoms with van der Waals surface area (Å²) >= 11 is 6.00. The van der Waals surface area contributed by atoms with Gasteiger partial charge in [-0.3, -0.25) is 4.79 Å². The standard InChI is InChI=1S/C22H23ClN2O/c1-15(25-22(26)18-5-3-6-18)21(13-16-8-10-20(23)11-9-16)19-7-2-4-17(12-19)14-24/h2,4,7-12,15,18,21H,3,5-6,13H2,1H3,(H,25,26)/t15-,21+/m0/s1. The molecule has 1 amide bonds. The fourth-order valence-electron chi connectivity index (χ4n) is 3.41. The Labute approximate surface area is 160 Å². The molecule has 0 heterocycles. The first kappa shape index (κ1) is 18.5. The number of nitrogens with zero attached hydrogens (tertiary/aromatic N) is 1. The van der Waals surface area contributed by atoms with Crippen LogP contribution in [0, 0.1) is 17.2 Å². The Morgan fingerprint density at radius 1 is 1.27 bits per heavy atom. The summed E-state index contributed by atoms with van der Waals surface area (Å²) in [5, 5.41) is 13.1. The summed E-state index contributed by atoms with van der Waals surface area (Å²) in [4.78, 5) is 12.4. The second-order valence-corrected chi connectivity index (χ2v) is 7.54. The molecule has 1 saturated carbocycles. The van der Waals surface area contributed by atoms with Gasteiger partial charge in [0.15, 0.2) is 0 Å². The molecule has 0 saturated heterocycles. The van der Waals surface area contributed by atoms with Crippen LogP contribution in [0.25, 0.3) is 0 Å². The Morgan fingerprint density at radius 2 is 2.00 bits per heavy atom. The number of carbonyl (C=O) groups is 1. The molecule has 1 aliphatic rings. The zero-order valence-corrected chi connectivity index (χ0v) is 15.7. The van der Waals surface area contributed by atoms with E-state index in [-0.39, 0.29) is 23.8 Å². The van der Waals surface area contributed by atoms with Gasteiger partial charge in [0.1, 0.15) is 0 Å². The molecule has 1 aliphatic carbocycles. The second kappa shape index (κ2) is 8.38. The molecule has 0 aromatic heterocycles. The molecule has 0 aliphatic heterocycles. The summed E-state index contributed by atoms with van der Waals surface area (Å²) in [6, 6.07) is 17.7. The van der Waals surface area contributed by atoms with Crippen LogP contribution in [0.2, 0.25) is 5.02 Å². The summed E-state index contributed by atoms with van der Waals surface area (Å²) < 4.78 is 0. The number of hydrogen-bond donors (Lipinski definition) is 1. The van der Waals surface area contributed by atoms with Crippen molar-refractivity contribution < 1.29 is 4.79 Å². The molecule has 1 fully saturated rings.